The molecule has 3 aromatic carbocycles. The van der Waals surface area contributed by atoms with E-state index >= 15 is 0 Å². The zero-order valence-electron chi connectivity index (χ0n) is 21.1. The van der Waals surface area contributed by atoms with Gasteiger partial charge in [0.25, 0.3) is 15.9 Å². The Balaban J connectivity index is 1.46. The summed E-state index contributed by atoms with van der Waals surface area (Å²) in [6, 6.07) is 18.9. The largest absolute Gasteiger partial charge is 0.495 e. The Bertz CT molecular complexity index is 1340. The summed E-state index contributed by atoms with van der Waals surface area (Å²) in [7, 11) is -0.746. The number of benzene rings is 3. The van der Waals surface area contributed by atoms with Crippen LogP contribution in [0.5, 0.6) is 11.5 Å². The lowest BCUT2D eigenvalue weighted by Crippen LogP contribution is -2.49. The van der Waals surface area contributed by atoms with E-state index in [9.17, 15) is 13.2 Å². The van der Waals surface area contributed by atoms with Crippen molar-refractivity contribution in [3.63, 3.8) is 0 Å². The van der Waals surface area contributed by atoms with Crippen molar-refractivity contribution in [2.24, 2.45) is 0 Å². The van der Waals surface area contributed by atoms with Gasteiger partial charge in [0, 0.05) is 44.5 Å². The van der Waals surface area contributed by atoms with E-state index in [0.29, 0.717) is 43.2 Å². The minimum atomic E-state index is -3.91. The number of nitrogens with one attached hydrogen (secondary N) is 1. The standard InChI is InChI=1S/C27H31N3O6S/c1-20-8-13-23(37(32,33)28-21-9-11-22(12-10-21)36-19-34-2)18-24(20)27(31)30-16-14-29(15-17-30)25-6-4-5-7-26(25)35-3/h4-13,18,28H,14-17,19H2,1-3H3. The fraction of sp³-hybridized carbons (Fsp3) is 0.296. The third-order valence-corrected chi connectivity index (χ3v) is 7.57. The van der Waals surface area contributed by atoms with Crippen molar-refractivity contribution in [3.05, 3.63) is 77.9 Å². The number of piperazine rings is 1. The maximum atomic E-state index is 13.4. The minimum absolute atomic E-state index is 0.0221. The predicted molar refractivity (Wildman–Crippen MR) is 142 cm³/mol. The zero-order chi connectivity index (χ0) is 26.4. The van der Waals surface area contributed by atoms with Gasteiger partial charge >= 0.3 is 0 Å². The summed E-state index contributed by atoms with van der Waals surface area (Å²) in [4.78, 5) is 17.4. The zero-order valence-corrected chi connectivity index (χ0v) is 22.0. The van der Waals surface area contributed by atoms with E-state index in [-0.39, 0.29) is 17.6 Å². The number of hydrogen-bond donors (Lipinski definition) is 1. The highest BCUT2D eigenvalue weighted by atomic mass is 32.2. The average molecular weight is 526 g/mol. The van der Waals surface area contributed by atoms with Crippen molar-refractivity contribution >= 4 is 27.3 Å². The fourth-order valence-electron chi connectivity index (χ4n) is 4.17. The Labute approximate surface area is 217 Å². The second-order valence-corrected chi connectivity index (χ2v) is 10.3. The van der Waals surface area contributed by atoms with Gasteiger partial charge in [0.15, 0.2) is 6.79 Å². The normalized spacial score (nSPS) is 13.8. The number of anilines is 2. The first-order valence-corrected chi connectivity index (χ1v) is 13.3. The molecular formula is C27H31N3O6S. The van der Waals surface area contributed by atoms with Crippen molar-refractivity contribution in [2.45, 2.75) is 11.8 Å². The van der Waals surface area contributed by atoms with Gasteiger partial charge in [-0.1, -0.05) is 18.2 Å². The summed E-state index contributed by atoms with van der Waals surface area (Å²) < 4.78 is 44.4. The molecule has 1 heterocycles. The van der Waals surface area contributed by atoms with E-state index in [0.717, 1.165) is 17.0 Å². The Morgan fingerprint density at radius 3 is 2.32 bits per heavy atom. The Morgan fingerprint density at radius 1 is 0.946 bits per heavy atom. The maximum Gasteiger partial charge on any atom is 0.261 e. The topological polar surface area (TPSA) is 97.4 Å². The highest BCUT2D eigenvalue weighted by molar-refractivity contribution is 7.92. The van der Waals surface area contributed by atoms with Crippen LogP contribution in [0.2, 0.25) is 0 Å². The van der Waals surface area contributed by atoms with Gasteiger partial charge in [-0.25, -0.2) is 8.42 Å². The molecule has 0 bridgehead atoms. The summed E-state index contributed by atoms with van der Waals surface area (Å²) in [5, 5.41) is 0. The van der Waals surface area contributed by atoms with Crippen LogP contribution in [0.3, 0.4) is 0 Å². The van der Waals surface area contributed by atoms with Crippen LogP contribution in [0.4, 0.5) is 11.4 Å². The molecule has 0 saturated carbocycles. The van der Waals surface area contributed by atoms with Crippen LogP contribution in [0.15, 0.2) is 71.6 Å². The van der Waals surface area contributed by atoms with Crippen LogP contribution in [0.25, 0.3) is 0 Å². The van der Waals surface area contributed by atoms with Crippen molar-refractivity contribution in [3.8, 4) is 11.5 Å². The second-order valence-electron chi connectivity index (χ2n) is 8.61. The van der Waals surface area contributed by atoms with Crippen LogP contribution in [0.1, 0.15) is 15.9 Å². The van der Waals surface area contributed by atoms with E-state index in [1.54, 1.807) is 49.3 Å². The highest BCUT2D eigenvalue weighted by Crippen LogP contribution is 2.29. The monoisotopic (exact) mass is 525 g/mol. The lowest BCUT2D eigenvalue weighted by Gasteiger charge is -2.36. The molecule has 9 nitrogen and oxygen atoms in total. The molecule has 1 aliphatic heterocycles. The van der Waals surface area contributed by atoms with Crippen LogP contribution >= 0.6 is 0 Å². The lowest BCUT2D eigenvalue weighted by molar-refractivity contribution is 0.0511. The number of rotatable bonds is 9. The molecule has 10 heteroatoms. The third-order valence-electron chi connectivity index (χ3n) is 6.19. The molecule has 0 aliphatic carbocycles. The molecule has 0 radical (unpaired) electrons. The van der Waals surface area contributed by atoms with Gasteiger partial charge in [-0.2, -0.15) is 0 Å². The van der Waals surface area contributed by atoms with Gasteiger partial charge in [-0.05, 0) is 61.0 Å². The molecule has 1 amide bonds. The van der Waals surface area contributed by atoms with Gasteiger partial charge < -0.3 is 24.0 Å². The molecule has 0 atom stereocenters. The first-order valence-electron chi connectivity index (χ1n) is 11.8. The van der Waals surface area contributed by atoms with Gasteiger partial charge in [-0.3, -0.25) is 9.52 Å². The molecule has 4 rings (SSSR count). The van der Waals surface area contributed by atoms with Crippen molar-refractivity contribution in [2.75, 3.05) is 56.8 Å². The molecular weight excluding hydrogens is 494 g/mol. The minimum Gasteiger partial charge on any atom is -0.495 e. The number of methoxy groups -OCH3 is 2. The summed E-state index contributed by atoms with van der Waals surface area (Å²) in [6.07, 6.45) is 0. The molecule has 0 aromatic heterocycles. The molecule has 196 valence electrons. The van der Waals surface area contributed by atoms with Crippen LogP contribution in [-0.2, 0) is 14.8 Å². The van der Waals surface area contributed by atoms with Crippen molar-refractivity contribution in [1.29, 1.82) is 0 Å². The summed E-state index contributed by atoms with van der Waals surface area (Å²) >= 11 is 0. The number of aryl methyl sites for hydroxylation is 1. The summed E-state index contributed by atoms with van der Waals surface area (Å²) in [6.45, 7) is 4.23. The predicted octanol–water partition coefficient (Wildman–Crippen LogP) is 3.75. The summed E-state index contributed by atoms with van der Waals surface area (Å²) in [5.74, 6) is 1.16. The highest BCUT2D eigenvalue weighted by Gasteiger charge is 2.26. The first-order chi connectivity index (χ1) is 17.8. The number of hydrogen-bond acceptors (Lipinski definition) is 7. The van der Waals surface area contributed by atoms with Crippen LogP contribution in [-0.4, -0.2) is 66.4 Å². The van der Waals surface area contributed by atoms with Crippen molar-refractivity contribution in [1.82, 2.24) is 4.90 Å². The average Bonchev–Trinajstić information content (AvgIpc) is 2.92. The maximum absolute atomic E-state index is 13.4. The quantitative estimate of drug-likeness (QED) is 0.425. The van der Waals surface area contributed by atoms with E-state index < -0.39 is 10.0 Å². The molecule has 0 spiro atoms. The number of carbonyl (C=O) groups is 1. The number of ether oxygens (including phenoxy) is 3. The Morgan fingerprint density at radius 2 is 1.65 bits per heavy atom. The van der Waals surface area contributed by atoms with Crippen molar-refractivity contribution < 1.29 is 27.4 Å². The van der Waals surface area contributed by atoms with Gasteiger partial charge in [0.2, 0.25) is 0 Å². The van der Waals surface area contributed by atoms with Gasteiger partial charge in [0.05, 0.1) is 17.7 Å². The van der Waals surface area contributed by atoms with E-state index in [1.807, 2.05) is 24.3 Å². The molecule has 1 aliphatic rings. The number of carbonyl (C=O) groups excluding carboxylic acids is 1. The number of amides is 1. The van der Waals surface area contributed by atoms with E-state index in [4.69, 9.17) is 14.2 Å². The van der Waals surface area contributed by atoms with E-state index in [1.165, 1.54) is 19.2 Å². The fourth-order valence-corrected chi connectivity index (χ4v) is 5.26. The SMILES string of the molecule is COCOc1ccc(NS(=O)(=O)c2ccc(C)c(C(=O)N3CCN(c4ccccc4OC)CC3)c2)cc1. The molecule has 1 saturated heterocycles. The molecule has 37 heavy (non-hydrogen) atoms. The number of nitrogens with zero attached hydrogens (tertiary/aromatic N) is 2. The van der Waals surface area contributed by atoms with Gasteiger partial charge in [-0.15, -0.1) is 0 Å². The van der Waals surface area contributed by atoms with Crippen LogP contribution < -0.4 is 19.1 Å². The van der Waals surface area contributed by atoms with Gasteiger partial charge in [0.1, 0.15) is 11.5 Å². The first kappa shape index (κ1) is 26.3. The molecule has 1 fully saturated rings. The third kappa shape index (κ3) is 6.15. The number of para-hydroxylation sites is 2. The molecule has 0 unspecified atom stereocenters. The number of sulfonamides is 1. The molecule has 3 aromatic rings. The van der Waals surface area contributed by atoms with Crippen LogP contribution in [0, 0.1) is 6.92 Å². The van der Waals surface area contributed by atoms with E-state index in [2.05, 4.69) is 9.62 Å². The Hall–Kier alpha value is -3.76. The second kappa shape index (κ2) is 11.5. The Kier molecular flexibility index (Phi) is 8.20. The smallest absolute Gasteiger partial charge is 0.261 e. The molecule has 1 N–H and O–H groups in total. The summed E-state index contributed by atoms with van der Waals surface area (Å²) in [5.41, 5.74) is 2.46. The lowest BCUT2D eigenvalue weighted by atomic mass is 10.1.